The van der Waals surface area contributed by atoms with Crippen LogP contribution < -0.4 is 4.72 Å². The summed E-state index contributed by atoms with van der Waals surface area (Å²) < 4.78 is 26.6. The third kappa shape index (κ3) is 7.82. The van der Waals surface area contributed by atoms with Crippen molar-refractivity contribution in [3.63, 3.8) is 0 Å². The first-order chi connectivity index (χ1) is 9.78. The van der Waals surface area contributed by atoms with Gasteiger partial charge < -0.3 is 5.11 Å². The van der Waals surface area contributed by atoms with Crippen LogP contribution in [0.4, 0.5) is 0 Å². The second-order valence-corrected chi connectivity index (χ2v) is 7.49. The Balaban J connectivity index is 2.58. The van der Waals surface area contributed by atoms with E-state index in [9.17, 15) is 13.2 Å². The molecule has 5 nitrogen and oxygen atoms in total. The molecule has 0 fully saturated rings. The van der Waals surface area contributed by atoms with Crippen molar-refractivity contribution >= 4 is 16.0 Å². The van der Waals surface area contributed by atoms with Crippen LogP contribution in [0.1, 0.15) is 32.3 Å². The number of carboxylic acids is 1. The van der Waals surface area contributed by atoms with E-state index in [4.69, 9.17) is 5.11 Å². The number of rotatable bonds is 9. The summed E-state index contributed by atoms with van der Waals surface area (Å²) in [5, 5.41) is 8.88. The minimum absolute atomic E-state index is 0.0218. The Morgan fingerprint density at radius 2 is 1.86 bits per heavy atom. The van der Waals surface area contributed by atoms with Gasteiger partial charge in [-0.25, -0.2) is 13.1 Å². The van der Waals surface area contributed by atoms with Crippen LogP contribution in [-0.2, 0) is 20.6 Å². The zero-order valence-corrected chi connectivity index (χ0v) is 13.3. The molecular formula is C15H23NO4S. The Labute approximate surface area is 126 Å². The van der Waals surface area contributed by atoms with E-state index in [1.54, 1.807) is 24.3 Å². The SMILES string of the molecule is CC(C)CC(CNS(=O)(=O)Cc1ccccc1)CC(=O)O. The number of hydrogen-bond acceptors (Lipinski definition) is 3. The van der Waals surface area contributed by atoms with Crippen LogP contribution in [0, 0.1) is 11.8 Å². The van der Waals surface area contributed by atoms with E-state index in [1.165, 1.54) is 0 Å². The molecule has 0 saturated carbocycles. The minimum Gasteiger partial charge on any atom is -0.481 e. The van der Waals surface area contributed by atoms with Crippen molar-refractivity contribution in [1.29, 1.82) is 0 Å². The smallest absolute Gasteiger partial charge is 0.303 e. The molecule has 0 amide bonds. The van der Waals surface area contributed by atoms with Crippen LogP contribution in [0.2, 0.25) is 0 Å². The fourth-order valence-electron chi connectivity index (χ4n) is 2.24. The molecule has 0 aliphatic rings. The molecule has 2 N–H and O–H groups in total. The molecule has 0 saturated heterocycles. The summed E-state index contributed by atoms with van der Waals surface area (Å²) in [6.45, 7) is 4.15. The molecule has 1 aromatic rings. The van der Waals surface area contributed by atoms with Crippen LogP contribution in [0.3, 0.4) is 0 Å². The van der Waals surface area contributed by atoms with Gasteiger partial charge in [0.1, 0.15) is 0 Å². The second-order valence-electron chi connectivity index (χ2n) is 5.69. The number of nitrogens with one attached hydrogen (secondary N) is 1. The summed E-state index contributed by atoms with van der Waals surface area (Å²) in [7, 11) is -3.44. The van der Waals surface area contributed by atoms with Gasteiger partial charge >= 0.3 is 5.97 Å². The Morgan fingerprint density at radius 1 is 1.24 bits per heavy atom. The quantitative estimate of drug-likeness (QED) is 0.732. The lowest BCUT2D eigenvalue weighted by Gasteiger charge is -2.17. The van der Waals surface area contributed by atoms with Crippen LogP contribution in [0.15, 0.2) is 30.3 Å². The van der Waals surface area contributed by atoms with Gasteiger partial charge in [0.15, 0.2) is 0 Å². The van der Waals surface area contributed by atoms with Crippen molar-refractivity contribution in [2.75, 3.05) is 6.54 Å². The average Bonchev–Trinajstić information content (AvgIpc) is 2.35. The van der Waals surface area contributed by atoms with Gasteiger partial charge in [-0.3, -0.25) is 4.79 Å². The van der Waals surface area contributed by atoms with Crippen molar-refractivity contribution in [3.05, 3.63) is 35.9 Å². The molecule has 1 atom stereocenters. The number of carboxylic acid groups (broad SMARTS) is 1. The largest absolute Gasteiger partial charge is 0.481 e. The fourth-order valence-corrected chi connectivity index (χ4v) is 3.46. The van der Waals surface area contributed by atoms with Crippen molar-refractivity contribution in [2.45, 2.75) is 32.4 Å². The van der Waals surface area contributed by atoms with Gasteiger partial charge in [0.2, 0.25) is 10.0 Å². The molecule has 0 spiro atoms. The van der Waals surface area contributed by atoms with Gasteiger partial charge in [-0.2, -0.15) is 0 Å². The lowest BCUT2D eigenvalue weighted by atomic mass is 9.94. The summed E-state index contributed by atoms with van der Waals surface area (Å²) in [5.74, 6) is -0.848. The molecule has 0 aliphatic heterocycles. The Bertz CT molecular complexity index is 540. The lowest BCUT2D eigenvalue weighted by Crippen LogP contribution is -2.32. The molecule has 21 heavy (non-hydrogen) atoms. The van der Waals surface area contributed by atoms with Gasteiger partial charge in [-0.15, -0.1) is 0 Å². The van der Waals surface area contributed by atoms with E-state index in [0.717, 1.165) is 0 Å². The Morgan fingerprint density at radius 3 is 2.38 bits per heavy atom. The van der Waals surface area contributed by atoms with Crippen molar-refractivity contribution < 1.29 is 18.3 Å². The first-order valence-electron chi connectivity index (χ1n) is 7.01. The maximum Gasteiger partial charge on any atom is 0.303 e. The number of sulfonamides is 1. The number of benzene rings is 1. The average molecular weight is 313 g/mol. The van der Waals surface area contributed by atoms with Gasteiger partial charge in [0.25, 0.3) is 0 Å². The predicted molar refractivity (Wildman–Crippen MR) is 82.3 cm³/mol. The number of carbonyl (C=O) groups is 1. The highest BCUT2D eigenvalue weighted by Gasteiger charge is 2.18. The minimum atomic E-state index is -3.44. The third-order valence-corrected chi connectivity index (χ3v) is 4.38. The molecule has 1 rings (SSSR count). The highest BCUT2D eigenvalue weighted by molar-refractivity contribution is 7.88. The topological polar surface area (TPSA) is 83.5 Å². The maximum atomic E-state index is 12.0. The maximum absolute atomic E-state index is 12.0. The third-order valence-electron chi connectivity index (χ3n) is 3.06. The van der Waals surface area contributed by atoms with E-state index in [2.05, 4.69) is 4.72 Å². The van der Waals surface area contributed by atoms with Crippen molar-refractivity contribution in [2.24, 2.45) is 11.8 Å². The van der Waals surface area contributed by atoms with Gasteiger partial charge in [-0.05, 0) is 23.8 Å². The van der Waals surface area contributed by atoms with Crippen LogP contribution >= 0.6 is 0 Å². The van der Waals surface area contributed by atoms with Crippen LogP contribution in [0.5, 0.6) is 0 Å². The molecule has 1 unspecified atom stereocenters. The summed E-state index contributed by atoms with van der Waals surface area (Å²) in [5.41, 5.74) is 0.712. The fraction of sp³-hybridized carbons (Fsp3) is 0.533. The first-order valence-corrected chi connectivity index (χ1v) is 8.67. The molecule has 1 aromatic carbocycles. The summed E-state index contributed by atoms with van der Waals surface area (Å²) >= 11 is 0. The normalized spacial score (nSPS) is 13.3. The van der Waals surface area contributed by atoms with Crippen molar-refractivity contribution in [3.8, 4) is 0 Å². The van der Waals surface area contributed by atoms with Gasteiger partial charge in [-0.1, -0.05) is 44.2 Å². The molecule has 0 aliphatic carbocycles. The van der Waals surface area contributed by atoms with E-state index in [1.807, 2.05) is 19.9 Å². The molecule has 0 radical (unpaired) electrons. The first kappa shape index (κ1) is 17.7. The van der Waals surface area contributed by atoms with E-state index in [0.29, 0.717) is 17.9 Å². The van der Waals surface area contributed by atoms with E-state index in [-0.39, 0.29) is 24.6 Å². The standard InChI is InChI=1S/C15H23NO4S/c1-12(2)8-14(9-15(17)18)10-16-21(19,20)11-13-6-4-3-5-7-13/h3-7,12,14,16H,8-11H2,1-2H3,(H,17,18). The highest BCUT2D eigenvalue weighted by atomic mass is 32.2. The predicted octanol–water partition coefficient (Wildman–Crippen LogP) is 2.24. The summed E-state index contributed by atoms with van der Waals surface area (Å²) in [4.78, 5) is 10.8. The van der Waals surface area contributed by atoms with Crippen LogP contribution in [0.25, 0.3) is 0 Å². The second kappa shape index (κ2) is 8.14. The zero-order valence-electron chi connectivity index (χ0n) is 12.5. The summed E-state index contributed by atoms with van der Waals surface area (Å²) in [6, 6.07) is 8.91. The van der Waals surface area contributed by atoms with E-state index >= 15 is 0 Å². The van der Waals surface area contributed by atoms with Crippen LogP contribution in [-0.4, -0.2) is 26.0 Å². The Kier molecular flexibility index (Phi) is 6.84. The lowest BCUT2D eigenvalue weighted by molar-refractivity contribution is -0.138. The summed E-state index contributed by atoms with van der Waals surface area (Å²) in [6.07, 6.45) is 0.659. The molecular weight excluding hydrogens is 290 g/mol. The highest BCUT2D eigenvalue weighted by Crippen LogP contribution is 2.15. The zero-order chi connectivity index (χ0) is 15.9. The number of hydrogen-bond donors (Lipinski definition) is 2. The monoisotopic (exact) mass is 313 g/mol. The molecule has 0 aromatic heterocycles. The molecule has 6 heteroatoms. The molecule has 118 valence electrons. The Hall–Kier alpha value is -1.40. The van der Waals surface area contributed by atoms with Crippen molar-refractivity contribution in [1.82, 2.24) is 4.72 Å². The van der Waals surface area contributed by atoms with Gasteiger partial charge in [0.05, 0.1) is 5.75 Å². The van der Waals surface area contributed by atoms with E-state index < -0.39 is 16.0 Å². The van der Waals surface area contributed by atoms with Gasteiger partial charge in [0, 0.05) is 13.0 Å². The number of aliphatic carboxylic acids is 1. The molecule has 0 heterocycles. The molecule has 0 bridgehead atoms.